The number of hydrogen-bond donors (Lipinski definition) is 1. The number of nitrogens with one attached hydrogen (secondary N) is 1. The number of aromatic nitrogens is 1. The molecule has 0 saturated carbocycles. The van der Waals surface area contributed by atoms with E-state index in [1.54, 1.807) is 6.07 Å². The minimum Gasteiger partial charge on any atom is -0.383 e. The van der Waals surface area contributed by atoms with Crippen molar-refractivity contribution in [3.63, 3.8) is 0 Å². The molecule has 0 saturated heterocycles. The predicted molar refractivity (Wildman–Crippen MR) is 47.3 cm³/mol. The zero-order valence-electron chi connectivity index (χ0n) is 7.59. The molecule has 1 unspecified atom stereocenters. The molecular weight excluding hydrogens is 154 g/mol. The molecule has 0 amide bonds. The molecule has 3 heteroatoms. The lowest BCUT2D eigenvalue weighted by Crippen LogP contribution is -1.96. The quantitative estimate of drug-likeness (QED) is 0.751. The van der Waals surface area contributed by atoms with E-state index in [1.807, 2.05) is 0 Å². The molecule has 0 aliphatic heterocycles. The van der Waals surface area contributed by atoms with Crippen molar-refractivity contribution >= 4 is 0 Å². The summed E-state index contributed by atoms with van der Waals surface area (Å²) in [5.41, 5.74) is -0.139. The van der Waals surface area contributed by atoms with E-state index >= 15 is 0 Å². The Morgan fingerprint density at radius 2 is 2.33 bits per heavy atom. The topological polar surface area (TPSA) is 46.0 Å². The molecule has 0 radical (unpaired) electrons. The number of rotatable bonds is 4. The second kappa shape index (κ2) is 4.14. The van der Waals surface area contributed by atoms with Gasteiger partial charge in [-0.1, -0.05) is 20.3 Å². The van der Waals surface area contributed by atoms with Crippen molar-refractivity contribution in [1.29, 1.82) is 0 Å². The summed E-state index contributed by atoms with van der Waals surface area (Å²) in [5.74, 6) is 1.19. The highest BCUT2D eigenvalue weighted by Crippen LogP contribution is 2.22. The van der Waals surface area contributed by atoms with E-state index in [2.05, 4.69) is 19.0 Å². The maximum Gasteiger partial charge on any atom is 0.280 e. The number of aromatic amines is 1. The monoisotopic (exact) mass is 169 g/mol. The maximum atomic E-state index is 10.8. The van der Waals surface area contributed by atoms with Gasteiger partial charge in [-0.3, -0.25) is 4.79 Å². The van der Waals surface area contributed by atoms with Crippen LogP contribution in [0.2, 0.25) is 0 Å². The molecular formula is C9H15NO2. The molecule has 0 spiro atoms. The van der Waals surface area contributed by atoms with Gasteiger partial charge in [0, 0.05) is 12.0 Å². The van der Waals surface area contributed by atoms with Gasteiger partial charge in [0.15, 0.2) is 0 Å². The van der Waals surface area contributed by atoms with Gasteiger partial charge in [-0.2, -0.15) is 5.16 Å². The molecule has 1 N–H and O–H groups in total. The van der Waals surface area contributed by atoms with Crippen molar-refractivity contribution < 1.29 is 4.52 Å². The SMILES string of the molecule is CCCC(CC)c1cc(=O)[nH]o1. The standard InChI is InChI=1S/C9H15NO2/c1-3-5-7(4-2)8-6-9(11)10-12-8/h6-7H,3-5H2,1-2H3,(H,10,11). The molecule has 0 aromatic carbocycles. The first kappa shape index (κ1) is 9.10. The van der Waals surface area contributed by atoms with Crippen molar-refractivity contribution in [2.45, 2.75) is 39.0 Å². The van der Waals surface area contributed by atoms with Gasteiger partial charge in [-0.25, -0.2) is 0 Å². The molecule has 1 heterocycles. The van der Waals surface area contributed by atoms with E-state index in [1.165, 1.54) is 0 Å². The normalized spacial score (nSPS) is 13.2. The molecule has 1 aromatic rings. The number of hydrogen-bond acceptors (Lipinski definition) is 2. The third kappa shape index (κ3) is 2.00. The van der Waals surface area contributed by atoms with Crippen molar-refractivity contribution in [2.75, 3.05) is 0 Å². The molecule has 0 fully saturated rings. The van der Waals surface area contributed by atoms with E-state index in [0.29, 0.717) is 5.92 Å². The molecule has 68 valence electrons. The average Bonchev–Trinajstić information content (AvgIpc) is 2.47. The third-order valence-electron chi connectivity index (χ3n) is 2.08. The van der Waals surface area contributed by atoms with Crippen LogP contribution in [0.1, 0.15) is 44.8 Å². The molecule has 1 aromatic heterocycles. The van der Waals surface area contributed by atoms with Crippen LogP contribution in [0.25, 0.3) is 0 Å². The first-order valence-corrected chi connectivity index (χ1v) is 4.46. The molecule has 3 nitrogen and oxygen atoms in total. The third-order valence-corrected chi connectivity index (χ3v) is 2.08. The Balaban J connectivity index is 2.72. The highest BCUT2D eigenvalue weighted by atomic mass is 16.5. The van der Waals surface area contributed by atoms with E-state index in [9.17, 15) is 4.79 Å². The van der Waals surface area contributed by atoms with Crippen LogP contribution in [0.5, 0.6) is 0 Å². The maximum absolute atomic E-state index is 10.8. The summed E-state index contributed by atoms with van der Waals surface area (Å²) in [6, 6.07) is 1.55. The van der Waals surface area contributed by atoms with Crippen LogP contribution < -0.4 is 5.56 Å². The first-order chi connectivity index (χ1) is 5.77. The molecule has 0 aliphatic carbocycles. The number of H-pyrrole nitrogens is 1. The highest BCUT2D eigenvalue weighted by Gasteiger charge is 2.12. The van der Waals surface area contributed by atoms with Crippen molar-refractivity contribution in [3.05, 3.63) is 22.2 Å². The van der Waals surface area contributed by atoms with Gasteiger partial charge in [0.25, 0.3) is 5.56 Å². The van der Waals surface area contributed by atoms with Gasteiger partial charge in [0.05, 0.1) is 0 Å². The minimum absolute atomic E-state index is 0.139. The molecule has 0 bridgehead atoms. The van der Waals surface area contributed by atoms with E-state index < -0.39 is 0 Å². The first-order valence-electron chi connectivity index (χ1n) is 4.46. The fourth-order valence-electron chi connectivity index (χ4n) is 1.39. The largest absolute Gasteiger partial charge is 0.383 e. The molecule has 1 atom stereocenters. The second-order valence-corrected chi connectivity index (χ2v) is 3.01. The van der Waals surface area contributed by atoms with E-state index in [4.69, 9.17) is 4.52 Å². The van der Waals surface area contributed by atoms with Gasteiger partial charge in [0.1, 0.15) is 5.76 Å². The summed E-state index contributed by atoms with van der Waals surface area (Å²) in [5, 5.41) is 2.31. The van der Waals surface area contributed by atoms with Crippen LogP contribution in [0.15, 0.2) is 15.4 Å². The van der Waals surface area contributed by atoms with Gasteiger partial charge in [-0.05, 0) is 12.8 Å². The smallest absolute Gasteiger partial charge is 0.280 e. The lowest BCUT2D eigenvalue weighted by molar-refractivity contribution is 0.345. The molecule has 0 aliphatic rings. The summed E-state index contributed by atoms with van der Waals surface area (Å²) >= 11 is 0. The summed E-state index contributed by atoms with van der Waals surface area (Å²) in [7, 11) is 0. The Morgan fingerprint density at radius 1 is 1.58 bits per heavy atom. The van der Waals surface area contributed by atoms with E-state index in [0.717, 1.165) is 25.0 Å². The Kier molecular flexibility index (Phi) is 3.14. The summed E-state index contributed by atoms with van der Waals surface area (Å²) in [4.78, 5) is 10.8. The lowest BCUT2D eigenvalue weighted by atomic mass is 9.98. The van der Waals surface area contributed by atoms with Crippen molar-refractivity contribution in [1.82, 2.24) is 5.16 Å². The average molecular weight is 169 g/mol. The van der Waals surface area contributed by atoms with E-state index in [-0.39, 0.29) is 5.56 Å². The Morgan fingerprint density at radius 3 is 2.75 bits per heavy atom. The van der Waals surface area contributed by atoms with Crippen molar-refractivity contribution in [3.8, 4) is 0 Å². The molecule has 12 heavy (non-hydrogen) atoms. The van der Waals surface area contributed by atoms with Crippen molar-refractivity contribution in [2.24, 2.45) is 0 Å². The minimum atomic E-state index is -0.139. The Bertz CT molecular complexity index is 274. The van der Waals surface area contributed by atoms with Crippen LogP contribution >= 0.6 is 0 Å². The Labute approximate surface area is 71.7 Å². The van der Waals surface area contributed by atoms with Gasteiger partial charge < -0.3 is 4.52 Å². The van der Waals surface area contributed by atoms with Gasteiger partial charge >= 0.3 is 0 Å². The van der Waals surface area contributed by atoms with Crippen LogP contribution in [0.3, 0.4) is 0 Å². The predicted octanol–water partition coefficient (Wildman–Crippen LogP) is 2.26. The fraction of sp³-hybridized carbons (Fsp3) is 0.667. The fourth-order valence-corrected chi connectivity index (χ4v) is 1.39. The summed E-state index contributed by atoms with van der Waals surface area (Å²) < 4.78 is 5.03. The zero-order chi connectivity index (χ0) is 8.97. The zero-order valence-corrected chi connectivity index (χ0v) is 7.59. The molecule has 1 rings (SSSR count). The van der Waals surface area contributed by atoms with Crippen LogP contribution in [0, 0.1) is 0 Å². The van der Waals surface area contributed by atoms with Crippen LogP contribution in [0.4, 0.5) is 0 Å². The van der Waals surface area contributed by atoms with Crippen LogP contribution in [-0.4, -0.2) is 5.16 Å². The second-order valence-electron chi connectivity index (χ2n) is 3.01. The van der Waals surface area contributed by atoms with Gasteiger partial charge in [0.2, 0.25) is 0 Å². The Hall–Kier alpha value is -0.990. The lowest BCUT2D eigenvalue weighted by Gasteiger charge is -2.07. The highest BCUT2D eigenvalue weighted by molar-refractivity contribution is 5.01. The van der Waals surface area contributed by atoms with Gasteiger partial charge in [-0.15, -0.1) is 0 Å². The summed E-state index contributed by atoms with van der Waals surface area (Å²) in [6.45, 7) is 4.24. The summed E-state index contributed by atoms with van der Waals surface area (Å²) in [6.07, 6.45) is 3.22. The van der Waals surface area contributed by atoms with Crippen LogP contribution in [-0.2, 0) is 0 Å².